The smallest absolute Gasteiger partial charge is 0.269 e. The average molecular weight is 469 g/mol. The van der Waals surface area contributed by atoms with E-state index in [1.54, 1.807) is 30.3 Å². The maximum absolute atomic E-state index is 12.4. The van der Waals surface area contributed by atoms with Crippen molar-refractivity contribution in [3.8, 4) is 11.5 Å². The minimum atomic E-state index is -0.489. The first-order valence-corrected chi connectivity index (χ1v) is 9.95. The van der Waals surface area contributed by atoms with Crippen molar-refractivity contribution in [2.75, 3.05) is 12.4 Å². The molecule has 0 saturated heterocycles. The van der Waals surface area contributed by atoms with E-state index in [2.05, 4.69) is 30.8 Å². The molecule has 32 heavy (non-hydrogen) atoms. The summed E-state index contributed by atoms with van der Waals surface area (Å²) in [5.74, 6) is 0.109. The van der Waals surface area contributed by atoms with Gasteiger partial charge in [0.05, 0.1) is 16.1 Å². The molecule has 2 aromatic heterocycles. The van der Waals surface area contributed by atoms with Crippen molar-refractivity contribution in [1.82, 2.24) is 25.5 Å². The van der Waals surface area contributed by atoms with Crippen molar-refractivity contribution in [2.24, 2.45) is 0 Å². The number of halogens is 2. The van der Waals surface area contributed by atoms with Gasteiger partial charge in [-0.05, 0) is 36.4 Å². The van der Waals surface area contributed by atoms with Crippen LogP contribution in [-0.4, -0.2) is 39.0 Å². The molecule has 0 bridgehead atoms. The summed E-state index contributed by atoms with van der Waals surface area (Å²) in [4.78, 5) is 32.4. The van der Waals surface area contributed by atoms with Gasteiger partial charge in [-0.25, -0.2) is 4.98 Å². The lowest BCUT2D eigenvalue weighted by molar-refractivity contribution is 0.0957. The van der Waals surface area contributed by atoms with E-state index in [0.29, 0.717) is 27.6 Å². The van der Waals surface area contributed by atoms with Crippen molar-refractivity contribution in [1.29, 1.82) is 0 Å². The maximum atomic E-state index is 12.4. The molecule has 0 spiro atoms. The molecule has 0 aliphatic heterocycles. The number of pyridine rings is 1. The number of hydrogen-bond acceptors (Lipinski definition) is 7. The van der Waals surface area contributed by atoms with E-state index < -0.39 is 5.91 Å². The van der Waals surface area contributed by atoms with Crippen LogP contribution in [0.5, 0.6) is 11.5 Å². The lowest BCUT2D eigenvalue weighted by atomic mass is 10.2. The summed E-state index contributed by atoms with van der Waals surface area (Å²) >= 11 is 11.9. The van der Waals surface area contributed by atoms with E-state index in [0.717, 1.165) is 0 Å². The molecule has 2 amide bonds. The Balaban J connectivity index is 1.52. The molecular formula is C21H14Cl2N6O3. The van der Waals surface area contributed by atoms with Gasteiger partial charge in [0.15, 0.2) is 0 Å². The third-order valence-corrected chi connectivity index (χ3v) is 4.80. The molecule has 11 heteroatoms. The second kappa shape index (κ2) is 9.13. The third-order valence-electron chi connectivity index (χ3n) is 4.25. The summed E-state index contributed by atoms with van der Waals surface area (Å²) in [5, 5.41) is 13.7. The molecule has 0 saturated carbocycles. The fourth-order valence-corrected chi connectivity index (χ4v) is 3.23. The van der Waals surface area contributed by atoms with Gasteiger partial charge >= 0.3 is 0 Å². The number of ether oxygens (including phenoxy) is 1. The quantitative estimate of drug-likeness (QED) is 0.451. The Morgan fingerprint density at radius 2 is 1.72 bits per heavy atom. The highest BCUT2D eigenvalue weighted by Crippen LogP contribution is 2.25. The zero-order valence-electron chi connectivity index (χ0n) is 16.5. The summed E-state index contributed by atoms with van der Waals surface area (Å²) in [5.41, 5.74) is 1.40. The van der Waals surface area contributed by atoms with Gasteiger partial charge in [-0.15, -0.1) is 10.2 Å². The molecule has 0 atom stereocenters. The van der Waals surface area contributed by atoms with Crippen molar-refractivity contribution in [2.45, 2.75) is 0 Å². The van der Waals surface area contributed by atoms with Crippen LogP contribution in [0.1, 0.15) is 20.8 Å². The van der Waals surface area contributed by atoms with Gasteiger partial charge in [0.1, 0.15) is 22.7 Å². The van der Waals surface area contributed by atoms with Crippen molar-refractivity contribution in [3.63, 3.8) is 0 Å². The highest BCUT2D eigenvalue weighted by atomic mass is 35.5. The second-order valence-electron chi connectivity index (χ2n) is 6.42. The molecule has 4 rings (SSSR count). The third kappa shape index (κ3) is 4.74. The van der Waals surface area contributed by atoms with Crippen molar-refractivity contribution in [3.05, 3.63) is 76.0 Å². The SMILES string of the molecule is CNC(=O)c1cc(Oc2ccc3nc(NC(=O)c4ccc(Cl)cc4Cl)nnc3c2)ccn1. The minimum Gasteiger partial charge on any atom is -0.457 e. The highest BCUT2D eigenvalue weighted by molar-refractivity contribution is 6.37. The van der Waals surface area contributed by atoms with Crippen LogP contribution in [0.15, 0.2) is 54.7 Å². The van der Waals surface area contributed by atoms with Gasteiger partial charge in [-0.2, -0.15) is 0 Å². The average Bonchev–Trinajstić information content (AvgIpc) is 2.78. The lowest BCUT2D eigenvalue weighted by Gasteiger charge is -2.08. The predicted octanol–water partition coefficient (Wildman–Crippen LogP) is 4.13. The van der Waals surface area contributed by atoms with Crippen molar-refractivity contribution >= 4 is 52.0 Å². The summed E-state index contributed by atoms with van der Waals surface area (Å²) in [7, 11) is 1.52. The lowest BCUT2D eigenvalue weighted by Crippen LogP contribution is -2.18. The Bertz CT molecular complexity index is 1350. The van der Waals surface area contributed by atoms with Crippen LogP contribution >= 0.6 is 23.2 Å². The number of nitrogens with one attached hydrogen (secondary N) is 2. The highest BCUT2D eigenvalue weighted by Gasteiger charge is 2.14. The molecule has 9 nitrogen and oxygen atoms in total. The number of carbonyl (C=O) groups excluding carboxylic acids is 2. The number of hydrogen-bond donors (Lipinski definition) is 2. The van der Waals surface area contributed by atoms with E-state index in [9.17, 15) is 9.59 Å². The van der Waals surface area contributed by atoms with Crippen LogP contribution in [0.25, 0.3) is 11.0 Å². The molecule has 2 aromatic carbocycles. The number of anilines is 1. The number of nitrogens with zero attached hydrogens (tertiary/aromatic N) is 4. The van der Waals surface area contributed by atoms with E-state index in [1.165, 1.54) is 31.4 Å². The number of amides is 2. The molecule has 160 valence electrons. The largest absolute Gasteiger partial charge is 0.457 e. The summed E-state index contributed by atoms with van der Waals surface area (Å²) < 4.78 is 5.79. The number of rotatable bonds is 5. The number of benzene rings is 2. The van der Waals surface area contributed by atoms with E-state index >= 15 is 0 Å². The zero-order chi connectivity index (χ0) is 22.7. The van der Waals surface area contributed by atoms with E-state index in [-0.39, 0.29) is 28.1 Å². The Morgan fingerprint density at radius 3 is 2.50 bits per heavy atom. The summed E-state index contributed by atoms with van der Waals surface area (Å²) in [6.45, 7) is 0. The summed E-state index contributed by atoms with van der Waals surface area (Å²) in [6, 6.07) is 12.7. The van der Waals surface area contributed by atoms with Crippen LogP contribution in [0.3, 0.4) is 0 Å². The van der Waals surface area contributed by atoms with E-state index in [4.69, 9.17) is 27.9 Å². The van der Waals surface area contributed by atoms with Crippen LogP contribution in [0, 0.1) is 0 Å². The Morgan fingerprint density at radius 1 is 0.906 bits per heavy atom. The molecular weight excluding hydrogens is 455 g/mol. The van der Waals surface area contributed by atoms with Gasteiger partial charge in [-0.1, -0.05) is 23.2 Å². The number of aromatic nitrogens is 4. The molecule has 2 N–H and O–H groups in total. The fraction of sp³-hybridized carbons (Fsp3) is 0.0476. The fourth-order valence-electron chi connectivity index (χ4n) is 2.74. The molecule has 2 heterocycles. The molecule has 4 aromatic rings. The monoisotopic (exact) mass is 468 g/mol. The first-order chi connectivity index (χ1) is 15.4. The summed E-state index contributed by atoms with van der Waals surface area (Å²) in [6.07, 6.45) is 1.48. The van der Waals surface area contributed by atoms with Gasteiger partial charge in [-0.3, -0.25) is 19.9 Å². The predicted molar refractivity (Wildman–Crippen MR) is 119 cm³/mol. The van der Waals surface area contributed by atoms with Crippen LogP contribution < -0.4 is 15.4 Å². The van der Waals surface area contributed by atoms with E-state index in [1.807, 2.05) is 0 Å². The molecule has 0 unspecified atom stereocenters. The second-order valence-corrected chi connectivity index (χ2v) is 7.27. The van der Waals surface area contributed by atoms with Crippen molar-refractivity contribution < 1.29 is 14.3 Å². The van der Waals surface area contributed by atoms with Crippen LogP contribution in [0.4, 0.5) is 5.95 Å². The maximum Gasteiger partial charge on any atom is 0.269 e. The molecule has 0 aliphatic carbocycles. The Labute approximate surface area is 191 Å². The normalized spacial score (nSPS) is 10.6. The number of fused-ring (bicyclic) bond motifs is 1. The first kappa shape index (κ1) is 21.4. The van der Waals surface area contributed by atoms with Gasteiger partial charge in [0.2, 0.25) is 5.95 Å². The minimum absolute atomic E-state index is 0.0199. The van der Waals surface area contributed by atoms with Gasteiger partial charge < -0.3 is 10.1 Å². The van der Waals surface area contributed by atoms with Crippen LogP contribution in [0.2, 0.25) is 10.0 Å². The van der Waals surface area contributed by atoms with Crippen LogP contribution in [-0.2, 0) is 0 Å². The van der Waals surface area contributed by atoms with Gasteiger partial charge in [0.25, 0.3) is 11.8 Å². The number of carbonyl (C=O) groups is 2. The molecule has 0 radical (unpaired) electrons. The molecule has 0 fully saturated rings. The topological polar surface area (TPSA) is 119 Å². The zero-order valence-corrected chi connectivity index (χ0v) is 18.0. The Kier molecular flexibility index (Phi) is 6.11. The molecule has 0 aliphatic rings. The standard InChI is InChI=1S/C21H14Cl2N6O3/c1-24-20(31)18-10-13(6-7-25-18)32-12-3-5-16-17(9-12)28-29-21(26-16)27-19(30)14-4-2-11(22)8-15(14)23/h2-10H,1H3,(H,24,31)(H,26,27,29,30). The van der Waals surface area contributed by atoms with Gasteiger partial charge in [0, 0.05) is 30.4 Å². The first-order valence-electron chi connectivity index (χ1n) is 9.20. The Hall–Kier alpha value is -3.82.